The maximum Gasteiger partial charge on any atom is 0.292 e. The highest BCUT2D eigenvalue weighted by atomic mass is 16.6. The summed E-state index contributed by atoms with van der Waals surface area (Å²) < 4.78 is 10.1. The van der Waals surface area contributed by atoms with Crippen molar-refractivity contribution in [3.63, 3.8) is 0 Å². The Labute approximate surface area is 96.0 Å². The molecule has 0 atom stereocenters. The highest BCUT2D eigenvalue weighted by Crippen LogP contribution is 2.33. The Balaban J connectivity index is 2.60. The molecule has 0 bridgehead atoms. The van der Waals surface area contributed by atoms with Gasteiger partial charge in [0.25, 0.3) is 11.7 Å². The van der Waals surface area contributed by atoms with Crippen molar-refractivity contribution >= 4 is 11.7 Å². The first-order valence-corrected chi connectivity index (χ1v) is 4.66. The van der Waals surface area contributed by atoms with E-state index < -0.39 is 4.92 Å². The van der Waals surface area contributed by atoms with Crippen LogP contribution in [-0.4, -0.2) is 17.0 Å². The van der Waals surface area contributed by atoms with Crippen molar-refractivity contribution in [2.75, 3.05) is 12.8 Å². The first-order chi connectivity index (χ1) is 8.11. The molecule has 7 heteroatoms. The number of rotatable bonds is 3. The van der Waals surface area contributed by atoms with Crippen molar-refractivity contribution in [3.8, 4) is 17.1 Å². The number of aromatic nitrogens is 1. The lowest BCUT2D eigenvalue weighted by Gasteiger charge is -2.02. The quantitative estimate of drug-likeness (QED) is 0.642. The van der Waals surface area contributed by atoms with E-state index in [1.54, 1.807) is 0 Å². The Morgan fingerprint density at radius 3 is 2.82 bits per heavy atom. The van der Waals surface area contributed by atoms with Crippen LogP contribution < -0.4 is 10.5 Å². The molecule has 2 rings (SSSR count). The minimum absolute atomic E-state index is 0.0443. The van der Waals surface area contributed by atoms with Gasteiger partial charge in [-0.25, -0.2) is 4.98 Å². The summed E-state index contributed by atoms with van der Waals surface area (Å²) in [7, 11) is 1.47. The standard InChI is InChI=1S/C10H9N3O4/c1-16-6-2-3-8(13(14)15)7(4-6)9-5-12-10(11)17-9/h2-5H,1H3,(H2,11,12). The smallest absolute Gasteiger partial charge is 0.292 e. The highest BCUT2D eigenvalue weighted by molar-refractivity contribution is 5.71. The predicted octanol–water partition coefficient (Wildman–Crippen LogP) is 1.84. The summed E-state index contributed by atoms with van der Waals surface area (Å²) in [5.74, 6) is 0.716. The summed E-state index contributed by atoms with van der Waals surface area (Å²) in [5, 5.41) is 10.9. The molecule has 7 nitrogen and oxygen atoms in total. The van der Waals surface area contributed by atoms with Crippen LogP contribution in [0.25, 0.3) is 11.3 Å². The molecule has 0 fully saturated rings. The lowest BCUT2D eigenvalue weighted by molar-refractivity contribution is -0.384. The van der Waals surface area contributed by atoms with Gasteiger partial charge in [-0.1, -0.05) is 0 Å². The monoisotopic (exact) mass is 235 g/mol. The van der Waals surface area contributed by atoms with Crippen LogP contribution in [0.2, 0.25) is 0 Å². The average molecular weight is 235 g/mol. The fourth-order valence-corrected chi connectivity index (χ4v) is 1.41. The van der Waals surface area contributed by atoms with E-state index in [1.165, 1.54) is 31.5 Å². The van der Waals surface area contributed by atoms with Gasteiger partial charge in [0.1, 0.15) is 11.3 Å². The van der Waals surface area contributed by atoms with Gasteiger partial charge in [0.15, 0.2) is 5.76 Å². The van der Waals surface area contributed by atoms with Crippen LogP contribution in [0.5, 0.6) is 5.75 Å². The zero-order valence-corrected chi connectivity index (χ0v) is 8.91. The number of nitrogens with two attached hydrogens (primary N) is 1. The molecule has 17 heavy (non-hydrogen) atoms. The predicted molar refractivity (Wildman–Crippen MR) is 59.6 cm³/mol. The van der Waals surface area contributed by atoms with Crippen molar-refractivity contribution < 1.29 is 14.1 Å². The van der Waals surface area contributed by atoms with Gasteiger partial charge in [-0.2, -0.15) is 0 Å². The summed E-state index contributed by atoms with van der Waals surface area (Å²) in [6, 6.07) is 4.30. The molecular formula is C10H9N3O4. The molecule has 0 amide bonds. The number of hydrogen-bond donors (Lipinski definition) is 1. The number of oxazole rings is 1. The molecule has 0 spiro atoms. The number of ether oxygens (including phenoxy) is 1. The molecule has 0 radical (unpaired) electrons. The third-order valence-electron chi connectivity index (χ3n) is 2.19. The van der Waals surface area contributed by atoms with Gasteiger partial charge in [0.2, 0.25) is 0 Å². The first kappa shape index (κ1) is 10.9. The zero-order valence-electron chi connectivity index (χ0n) is 8.91. The topological polar surface area (TPSA) is 104 Å². The summed E-state index contributed by atoms with van der Waals surface area (Å²) in [5.41, 5.74) is 5.51. The molecule has 1 aromatic carbocycles. The Hall–Kier alpha value is -2.57. The van der Waals surface area contributed by atoms with E-state index >= 15 is 0 Å². The van der Waals surface area contributed by atoms with E-state index in [9.17, 15) is 10.1 Å². The largest absolute Gasteiger partial charge is 0.497 e. The normalized spacial score (nSPS) is 10.2. The number of nitrogens with zero attached hydrogens (tertiary/aromatic N) is 2. The Morgan fingerprint density at radius 1 is 1.53 bits per heavy atom. The minimum atomic E-state index is -0.506. The molecule has 0 aliphatic rings. The van der Waals surface area contributed by atoms with Gasteiger partial charge in [-0.05, 0) is 12.1 Å². The van der Waals surface area contributed by atoms with Crippen LogP contribution in [0.15, 0.2) is 28.8 Å². The molecule has 0 unspecified atom stereocenters. The minimum Gasteiger partial charge on any atom is -0.497 e. The fourth-order valence-electron chi connectivity index (χ4n) is 1.41. The van der Waals surface area contributed by atoms with Crippen molar-refractivity contribution in [1.29, 1.82) is 0 Å². The Kier molecular flexibility index (Phi) is 2.65. The number of nitro benzene ring substituents is 1. The van der Waals surface area contributed by atoms with E-state index in [4.69, 9.17) is 14.9 Å². The molecule has 0 saturated heterocycles. The Morgan fingerprint density at radius 2 is 2.29 bits per heavy atom. The number of nitrogen functional groups attached to an aromatic ring is 1. The summed E-state index contributed by atoms with van der Waals surface area (Å²) in [4.78, 5) is 14.1. The van der Waals surface area contributed by atoms with E-state index in [0.29, 0.717) is 5.75 Å². The summed E-state index contributed by atoms with van der Waals surface area (Å²) in [6.45, 7) is 0. The molecule has 1 aromatic heterocycles. The van der Waals surface area contributed by atoms with Crippen LogP contribution in [0.4, 0.5) is 11.7 Å². The van der Waals surface area contributed by atoms with Crippen LogP contribution in [0, 0.1) is 10.1 Å². The SMILES string of the molecule is COc1ccc([N+](=O)[O-])c(-c2cnc(N)o2)c1. The van der Waals surface area contributed by atoms with Crippen LogP contribution in [0.1, 0.15) is 0 Å². The number of anilines is 1. The molecule has 0 aliphatic carbocycles. The molecule has 0 aliphatic heterocycles. The van der Waals surface area contributed by atoms with Gasteiger partial charge < -0.3 is 14.9 Å². The number of benzene rings is 1. The second-order valence-corrected chi connectivity index (χ2v) is 3.20. The van der Waals surface area contributed by atoms with E-state index in [2.05, 4.69) is 4.98 Å². The zero-order chi connectivity index (χ0) is 12.4. The van der Waals surface area contributed by atoms with Crippen LogP contribution >= 0.6 is 0 Å². The van der Waals surface area contributed by atoms with Crippen LogP contribution in [-0.2, 0) is 0 Å². The van der Waals surface area contributed by atoms with Gasteiger partial charge in [0.05, 0.1) is 18.2 Å². The fraction of sp³-hybridized carbons (Fsp3) is 0.100. The molecular weight excluding hydrogens is 226 g/mol. The molecule has 1 heterocycles. The summed E-state index contributed by atoms with van der Waals surface area (Å²) >= 11 is 0. The van der Waals surface area contributed by atoms with E-state index in [-0.39, 0.29) is 23.0 Å². The third-order valence-corrected chi connectivity index (χ3v) is 2.19. The lowest BCUT2D eigenvalue weighted by atomic mass is 10.1. The van der Waals surface area contributed by atoms with E-state index in [1.807, 2.05) is 0 Å². The maximum atomic E-state index is 10.9. The molecule has 2 N–H and O–H groups in total. The second kappa shape index (κ2) is 4.12. The van der Waals surface area contributed by atoms with Gasteiger partial charge >= 0.3 is 0 Å². The molecule has 0 saturated carbocycles. The van der Waals surface area contributed by atoms with Gasteiger partial charge in [0, 0.05) is 6.07 Å². The first-order valence-electron chi connectivity index (χ1n) is 4.66. The van der Waals surface area contributed by atoms with E-state index in [0.717, 1.165) is 0 Å². The van der Waals surface area contributed by atoms with Gasteiger partial charge in [-0.3, -0.25) is 10.1 Å². The number of methoxy groups -OCH3 is 1. The summed E-state index contributed by atoms with van der Waals surface area (Å²) in [6.07, 6.45) is 1.33. The van der Waals surface area contributed by atoms with Crippen molar-refractivity contribution in [1.82, 2.24) is 4.98 Å². The molecule has 2 aromatic rings. The highest BCUT2D eigenvalue weighted by Gasteiger charge is 2.19. The Bertz CT molecular complexity index is 564. The number of nitro groups is 1. The lowest BCUT2D eigenvalue weighted by Crippen LogP contribution is -1.92. The van der Waals surface area contributed by atoms with Crippen molar-refractivity contribution in [2.45, 2.75) is 0 Å². The van der Waals surface area contributed by atoms with Crippen LogP contribution in [0.3, 0.4) is 0 Å². The van der Waals surface area contributed by atoms with Gasteiger partial charge in [-0.15, -0.1) is 0 Å². The number of hydrogen-bond acceptors (Lipinski definition) is 6. The van der Waals surface area contributed by atoms with Crippen molar-refractivity contribution in [2.24, 2.45) is 0 Å². The van der Waals surface area contributed by atoms with Crippen molar-refractivity contribution in [3.05, 3.63) is 34.5 Å². The molecule has 88 valence electrons. The third kappa shape index (κ3) is 2.03. The maximum absolute atomic E-state index is 10.9. The average Bonchev–Trinajstić information content (AvgIpc) is 2.75. The second-order valence-electron chi connectivity index (χ2n) is 3.20.